The summed E-state index contributed by atoms with van der Waals surface area (Å²) in [7, 11) is 1.45. The highest BCUT2D eigenvalue weighted by Crippen LogP contribution is 2.43. The summed E-state index contributed by atoms with van der Waals surface area (Å²) in [6.45, 7) is 4.19. The van der Waals surface area contributed by atoms with Crippen LogP contribution in [0.25, 0.3) is 0 Å². The Labute approximate surface area is 565 Å². The van der Waals surface area contributed by atoms with Crippen molar-refractivity contribution in [3.63, 3.8) is 0 Å². The molecular weight excluding hydrogens is 1160 g/mol. The van der Waals surface area contributed by atoms with Crippen molar-refractivity contribution < 1.29 is 42.1 Å². The molecule has 0 heterocycles. The third kappa shape index (κ3) is 74.2. The molecule has 0 aromatic carbocycles. The van der Waals surface area contributed by atoms with Crippen LogP contribution >= 0.6 is 7.82 Å². The van der Waals surface area contributed by atoms with E-state index in [1.807, 2.05) is 21.1 Å². The molecule has 10 heteroatoms. The molecule has 92 heavy (non-hydrogen) atoms. The average molecular weight is 1290 g/mol. The Morgan fingerprint density at radius 3 is 0.870 bits per heavy atom. The van der Waals surface area contributed by atoms with Crippen LogP contribution in [-0.4, -0.2) is 74.9 Å². The Balaban J connectivity index is 4.12. The van der Waals surface area contributed by atoms with E-state index in [0.717, 1.165) is 141 Å². The lowest BCUT2D eigenvalue weighted by atomic mass is 10.0. The second-order valence-electron chi connectivity index (χ2n) is 24.9. The summed E-state index contributed by atoms with van der Waals surface area (Å²) in [4.78, 5) is 35.9. The molecule has 0 spiro atoms. The third-order valence-corrected chi connectivity index (χ3v) is 15.9. The van der Waals surface area contributed by atoms with Crippen molar-refractivity contribution in [2.75, 3.05) is 47.5 Å². The average Bonchev–Trinajstić information content (AvgIpc) is 2.14. The smallest absolute Gasteiger partial charge is 0.462 e. The third-order valence-electron chi connectivity index (χ3n) is 14.9. The summed E-state index contributed by atoms with van der Waals surface area (Å²) < 4.78 is 34.7. The zero-order chi connectivity index (χ0) is 66.9. The maximum atomic E-state index is 12.9. The fourth-order valence-corrected chi connectivity index (χ4v) is 10.2. The molecule has 2 unspecified atom stereocenters. The van der Waals surface area contributed by atoms with Crippen LogP contribution < -0.4 is 0 Å². The van der Waals surface area contributed by atoms with Crippen LogP contribution in [0.3, 0.4) is 0 Å². The van der Waals surface area contributed by atoms with Gasteiger partial charge in [-0.05, 0) is 135 Å². The Morgan fingerprint density at radius 1 is 0.337 bits per heavy atom. The number of hydrogen-bond acceptors (Lipinski definition) is 7. The van der Waals surface area contributed by atoms with Gasteiger partial charge in [-0.2, -0.15) is 0 Å². The van der Waals surface area contributed by atoms with Gasteiger partial charge < -0.3 is 18.9 Å². The van der Waals surface area contributed by atoms with Gasteiger partial charge in [-0.25, -0.2) is 4.57 Å². The molecule has 0 saturated carbocycles. The van der Waals surface area contributed by atoms with Crippen LogP contribution in [-0.2, 0) is 32.7 Å². The number of hydrogen-bond donors (Lipinski definition) is 1. The van der Waals surface area contributed by atoms with E-state index in [1.165, 1.54) is 96.3 Å². The van der Waals surface area contributed by atoms with Crippen LogP contribution in [0.5, 0.6) is 0 Å². The monoisotopic (exact) mass is 1290 g/mol. The topological polar surface area (TPSA) is 108 Å². The lowest BCUT2D eigenvalue weighted by Gasteiger charge is -2.24. The minimum atomic E-state index is -4.41. The Bertz CT molecular complexity index is 2210. The van der Waals surface area contributed by atoms with Crippen molar-refractivity contribution in [2.24, 2.45) is 0 Å². The first kappa shape index (κ1) is 87.1. The first-order chi connectivity index (χ1) is 45.0. The molecular formula is C82H135NO8P+. The fraction of sp³-hybridized carbons (Fsp3) is 0.610. The van der Waals surface area contributed by atoms with E-state index in [1.54, 1.807) is 0 Å². The largest absolute Gasteiger partial charge is 0.472 e. The predicted molar refractivity (Wildman–Crippen MR) is 399 cm³/mol. The summed E-state index contributed by atoms with van der Waals surface area (Å²) in [5, 5.41) is 0. The van der Waals surface area contributed by atoms with Crippen molar-refractivity contribution in [1.82, 2.24) is 0 Å². The number of carbonyl (C=O) groups is 2. The number of phosphoric acid groups is 1. The minimum absolute atomic E-state index is 0.0210. The molecule has 0 aliphatic carbocycles. The standard InChI is InChI=1S/C82H134NO8P/c1-6-8-10-12-14-16-18-20-22-24-26-28-30-32-34-36-37-38-39-40-41-42-43-44-45-47-49-51-53-55-57-59-61-63-65-67-69-71-73-75-82(85)91-80(79-90-92(86,87)89-77-76-83(3,4)5)78-88-81(84)74-72-70-68-66-64-62-60-58-56-54-52-50-48-46-35-33-31-29-27-25-23-21-19-17-15-13-11-9-7-2/h8-11,14-17,20-23,26-29,32-35,37-38,40-41,43-44,47,49,53,55,80H,6-7,12-13,18-19,24-25,30-31,36,39,42,45-46,48,50-52,54,56-79H2,1-5H3/p+1/b10-8-,11-9-,16-14-,17-15-,22-20-,23-21-,28-26-,29-27-,34-32-,35-33-,38-37-,41-40-,44-43-,49-47-,55-53-. The number of rotatable bonds is 65. The van der Waals surface area contributed by atoms with Gasteiger partial charge in [-0.1, -0.05) is 305 Å². The Morgan fingerprint density at radius 2 is 0.587 bits per heavy atom. The first-order valence-electron chi connectivity index (χ1n) is 36.5. The maximum absolute atomic E-state index is 12.9. The molecule has 0 aliphatic rings. The molecule has 0 radical (unpaired) electrons. The highest BCUT2D eigenvalue weighted by atomic mass is 31.2. The van der Waals surface area contributed by atoms with Gasteiger partial charge >= 0.3 is 19.8 Å². The fourth-order valence-electron chi connectivity index (χ4n) is 9.42. The minimum Gasteiger partial charge on any atom is -0.462 e. The summed E-state index contributed by atoms with van der Waals surface area (Å²) >= 11 is 0. The first-order valence-corrected chi connectivity index (χ1v) is 38.0. The number of unbranched alkanes of at least 4 members (excludes halogenated alkanes) is 21. The molecule has 0 aliphatic heterocycles. The van der Waals surface area contributed by atoms with Crippen LogP contribution in [0.1, 0.15) is 271 Å². The van der Waals surface area contributed by atoms with Gasteiger partial charge in [0.05, 0.1) is 27.7 Å². The van der Waals surface area contributed by atoms with Crippen molar-refractivity contribution in [3.8, 4) is 0 Å². The number of phosphoric ester groups is 1. The van der Waals surface area contributed by atoms with Gasteiger partial charge in [0, 0.05) is 12.8 Å². The maximum Gasteiger partial charge on any atom is 0.472 e. The zero-order valence-electron chi connectivity index (χ0n) is 59.2. The molecule has 520 valence electrons. The number of esters is 2. The van der Waals surface area contributed by atoms with E-state index in [0.29, 0.717) is 17.4 Å². The van der Waals surface area contributed by atoms with Gasteiger partial charge in [0.2, 0.25) is 0 Å². The predicted octanol–water partition coefficient (Wildman–Crippen LogP) is 24.3. The van der Waals surface area contributed by atoms with E-state index >= 15 is 0 Å². The zero-order valence-corrected chi connectivity index (χ0v) is 60.1. The summed E-state index contributed by atoms with van der Waals surface area (Å²) in [5.41, 5.74) is 0. The van der Waals surface area contributed by atoms with Gasteiger partial charge in [-0.3, -0.25) is 18.6 Å². The van der Waals surface area contributed by atoms with Crippen LogP contribution in [0.4, 0.5) is 0 Å². The number of carbonyl (C=O) groups excluding carboxylic acids is 2. The van der Waals surface area contributed by atoms with E-state index < -0.39 is 26.5 Å². The van der Waals surface area contributed by atoms with E-state index in [4.69, 9.17) is 18.5 Å². The van der Waals surface area contributed by atoms with Crippen molar-refractivity contribution >= 4 is 19.8 Å². The number of nitrogens with zero attached hydrogens (tertiary/aromatic N) is 1. The van der Waals surface area contributed by atoms with E-state index in [2.05, 4.69) is 196 Å². The van der Waals surface area contributed by atoms with Crippen LogP contribution in [0.2, 0.25) is 0 Å². The molecule has 0 amide bonds. The molecule has 2 atom stereocenters. The van der Waals surface area contributed by atoms with Gasteiger partial charge in [0.15, 0.2) is 6.10 Å². The normalized spacial score (nSPS) is 14.2. The number of allylic oxidation sites excluding steroid dienone is 30. The molecule has 0 aromatic rings. The van der Waals surface area contributed by atoms with Crippen molar-refractivity contribution in [1.29, 1.82) is 0 Å². The Kier molecular flexibility index (Phi) is 66.7. The van der Waals surface area contributed by atoms with Crippen LogP contribution in [0.15, 0.2) is 182 Å². The Hall–Kier alpha value is -4.89. The van der Waals surface area contributed by atoms with E-state index in [9.17, 15) is 19.0 Å². The summed E-state index contributed by atoms with van der Waals surface area (Å²) in [5.74, 6) is -0.816. The lowest BCUT2D eigenvalue weighted by Crippen LogP contribution is -2.37. The van der Waals surface area contributed by atoms with Crippen LogP contribution in [0, 0.1) is 0 Å². The second-order valence-corrected chi connectivity index (χ2v) is 26.3. The molecule has 9 nitrogen and oxygen atoms in total. The number of ether oxygens (including phenoxy) is 2. The highest BCUT2D eigenvalue weighted by Gasteiger charge is 2.27. The summed E-state index contributed by atoms with van der Waals surface area (Å²) in [6.07, 6.45) is 108. The number of likely N-dealkylation sites (N-methyl/N-ethyl adjacent to an activating group) is 1. The molecule has 0 fully saturated rings. The van der Waals surface area contributed by atoms with Gasteiger partial charge in [0.25, 0.3) is 0 Å². The van der Waals surface area contributed by atoms with Gasteiger partial charge in [-0.15, -0.1) is 0 Å². The molecule has 0 saturated heterocycles. The second kappa shape index (κ2) is 70.4. The molecule has 0 bridgehead atoms. The SMILES string of the molecule is CC/C=C\C/C=C\C/C=C\C/C=C\C/C=C\C/C=C\C/C=C\C/C=C\C/C=C\C/C=C\CCCCCCCCCCC(=O)OC(COC(=O)CCCCCCCCCCCCCCC/C=C\C/C=C\C/C=C\C/C=C\C/C=C\CC)COP(=O)(O)OCC[N+](C)(C)C. The summed E-state index contributed by atoms with van der Waals surface area (Å²) in [6, 6.07) is 0. The van der Waals surface area contributed by atoms with Crippen molar-refractivity contribution in [3.05, 3.63) is 182 Å². The van der Waals surface area contributed by atoms with Crippen molar-refractivity contribution in [2.45, 2.75) is 277 Å². The van der Waals surface area contributed by atoms with E-state index in [-0.39, 0.29) is 32.0 Å². The highest BCUT2D eigenvalue weighted by molar-refractivity contribution is 7.47. The number of quaternary nitrogens is 1. The molecule has 0 aromatic heterocycles. The quantitative estimate of drug-likeness (QED) is 0.0211. The molecule has 1 N–H and O–H groups in total. The van der Waals surface area contributed by atoms with Gasteiger partial charge in [0.1, 0.15) is 19.8 Å². The molecule has 0 rings (SSSR count). The lowest BCUT2D eigenvalue weighted by molar-refractivity contribution is -0.870.